The van der Waals surface area contributed by atoms with Crippen LogP contribution in [0.25, 0.3) is 0 Å². The van der Waals surface area contributed by atoms with Crippen LogP contribution in [0.2, 0.25) is 0 Å². The molecule has 4 nitrogen and oxygen atoms in total. The molecule has 1 aromatic carbocycles. The lowest BCUT2D eigenvalue weighted by atomic mass is 9.52. The number of Topliss-reactive ketones (excluding diaryl/α,β-unsaturated/α-hetero) is 1. The van der Waals surface area contributed by atoms with Crippen molar-refractivity contribution in [3.8, 4) is 11.5 Å². The van der Waals surface area contributed by atoms with Gasteiger partial charge in [0.15, 0.2) is 23.4 Å². The lowest BCUT2D eigenvalue weighted by Crippen LogP contribution is -2.65. The van der Waals surface area contributed by atoms with E-state index in [1.807, 2.05) is 6.07 Å². The predicted molar refractivity (Wildman–Crippen MR) is 76.7 cm³/mol. The van der Waals surface area contributed by atoms with Gasteiger partial charge in [0.1, 0.15) is 0 Å². The fourth-order valence-electron chi connectivity index (χ4n) is 5.52. The van der Waals surface area contributed by atoms with Crippen molar-refractivity contribution in [3.63, 3.8) is 0 Å². The minimum absolute atomic E-state index is 0.172. The van der Waals surface area contributed by atoms with Crippen molar-refractivity contribution < 1.29 is 14.6 Å². The number of carbonyl (C=O) groups is 1. The van der Waals surface area contributed by atoms with Gasteiger partial charge in [-0.05, 0) is 50.4 Å². The number of likely N-dealkylation sites (N-methyl/N-ethyl adjacent to an activating group) is 1. The Balaban J connectivity index is 1.83. The Morgan fingerprint density at radius 1 is 1.43 bits per heavy atom. The van der Waals surface area contributed by atoms with Gasteiger partial charge in [0.2, 0.25) is 0 Å². The van der Waals surface area contributed by atoms with Crippen LogP contribution in [0, 0.1) is 5.92 Å². The molecule has 0 aromatic heterocycles. The van der Waals surface area contributed by atoms with Crippen molar-refractivity contribution in [1.29, 1.82) is 0 Å². The number of hydrogen-bond donors (Lipinski definition) is 1. The monoisotopic (exact) mass is 285 g/mol. The van der Waals surface area contributed by atoms with E-state index in [9.17, 15) is 9.90 Å². The third kappa shape index (κ3) is 1.20. The number of rotatable bonds is 0. The highest BCUT2D eigenvalue weighted by molar-refractivity contribution is 5.89. The number of carbonyl (C=O) groups excluding carboxylic acids is 1. The summed E-state index contributed by atoms with van der Waals surface area (Å²) in [6.07, 6.45) is 3.18. The molecule has 1 aromatic rings. The Hall–Kier alpha value is -1.55. The third-order valence-corrected chi connectivity index (χ3v) is 6.39. The number of nitrogens with zero attached hydrogens (tertiary/aromatic N) is 1. The number of likely N-dealkylation sites (tertiary alicyclic amines) is 1. The van der Waals surface area contributed by atoms with Crippen LogP contribution in [0.1, 0.15) is 30.4 Å². The Morgan fingerprint density at radius 2 is 2.29 bits per heavy atom. The predicted octanol–water partition coefficient (Wildman–Crippen LogP) is 1.63. The molecule has 4 atom stereocenters. The van der Waals surface area contributed by atoms with Crippen LogP contribution < -0.4 is 4.74 Å². The second-order valence-electron chi connectivity index (χ2n) is 7.10. The fourth-order valence-corrected chi connectivity index (χ4v) is 5.52. The second kappa shape index (κ2) is 3.61. The van der Waals surface area contributed by atoms with Crippen LogP contribution in [-0.2, 0) is 16.6 Å². The molecule has 21 heavy (non-hydrogen) atoms. The molecule has 1 unspecified atom stereocenters. The number of phenolic OH excluding ortho intramolecular Hbond substituents is 1. The van der Waals surface area contributed by atoms with Gasteiger partial charge < -0.3 is 14.7 Å². The first-order valence-electron chi connectivity index (χ1n) is 7.88. The van der Waals surface area contributed by atoms with Crippen LogP contribution in [0.15, 0.2) is 12.1 Å². The van der Waals surface area contributed by atoms with Crippen LogP contribution in [0.3, 0.4) is 0 Å². The molecular formula is C17H19NO3. The van der Waals surface area contributed by atoms with Crippen molar-refractivity contribution in [3.05, 3.63) is 23.3 Å². The van der Waals surface area contributed by atoms with Crippen LogP contribution in [0.5, 0.6) is 11.5 Å². The highest BCUT2D eigenvalue weighted by Crippen LogP contribution is 2.62. The molecule has 1 spiro atoms. The smallest absolute Gasteiger partial charge is 0.174 e. The van der Waals surface area contributed by atoms with E-state index in [0.29, 0.717) is 24.1 Å². The van der Waals surface area contributed by atoms with Gasteiger partial charge in [0.25, 0.3) is 0 Å². The molecule has 1 saturated carbocycles. The minimum Gasteiger partial charge on any atom is -0.504 e. The van der Waals surface area contributed by atoms with Gasteiger partial charge in [-0.3, -0.25) is 4.79 Å². The second-order valence-corrected chi connectivity index (χ2v) is 7.10. The van der Waals surface area contributed by atoms with Crippen molar-refractivity contribution in [1.82, 2.24) is 4.90 Å². The van der Waals surface area contributed by atoms with E-state index < -0.39 is 0 Å². The Bertz CT molecular complexity index is 670. The zero-order chi connectivity index (χ0) is 14.4. The highest BCUT2D eigenvalue weighted by atomic mass is 16.5. The summed E-state index contributed by atoms with van der Waals surface area (Å²) >= 11 is 0. The van der Waals surface area contributed by atoms with E-state index >= 15 is 0 Å². The summed E-state index contributed by atoms with van der Waals surface area (Å²) in [6.45, 7) is 1.00. The molecule has 5 rings (SSSR count). The summed E-state index contributed by atoms with van der Waals surface area (Å²) in [5.41, 5.74) is 2.26. The van der Waals surface area contributed by atoms with Crippen molar-refractivity contribution in [2.24, 2.45) is 5.92 Å². The fraction of sp³-hybridized carbons (Fsp3) is 0.588. The summed E-state index contributed by atoms with van der Waals surface area (Å²) in [4.78, 5) is 14.9. The average molecular weight is 285 g/mol. The molecule has 2 fully saturated rings. The van der Waals surface area contributed by atoms with Crippen molar-refractivity contribution in [2.45, 2.75) is 43.2 Å². The Labute approximate surface area is 123 Å². The third-order valence-electron chi connectivity index (χ3n) is 6.39. The molecule has 0 radical (unpaired) electrons. The molecule has 1 N–H and O–H groups in total. The summed E-state index contributed by atoms with van der Waals surface area (Å²) in [5.74, 6) is 1.50. The van der Waals surface area contributed by atoms with Gasteiger partial charge in [-0.15, -0.1) is 0 Å². The summed E-state index contributed by atoms with van der Waals surface area (Å²) in [5, 5.41) is 10.2. The van der Waals surface area contributed by atoms with Gasteiger partial charge in [-0.2, -0.15) is 0 Å². The summed E-state index contributed by atoms with van der Waals surface area (Å²) in [6, 6.07) is 4.26. The first-order chi connectivity index (χ1) is 10.1. The van der Waals surface area contributed by atoms with Crippen LogP contribution in [-0.4, -0.2) is 41.5 Å². The van der Waals surface area contributed by atoms with Crippen LogP contribution in [0.4, 0.5) is 0 Å². The van der Waals surface area contributed by atoms with Gasteiger partial charge in [0, 0.05) is 23.4 Å². The molecule has 4 heteroatoms. The molecular weight excluding hydrogens is 266 g/mol. The zero-order valence-corrected chi connectivity index (χ0v) is 12.1. The first-order valence-corrected chi connectivity index (χ1v) is 7.88. The molecule has 2 aliphatic carbocycles. The molecule has 110 valence electrons. The standard InChI is InChI=1S/C17H19NO3/c1-18-7-6-17-10-3-5-13(20)16(17)21-15-12(19)4-2-9(14(15)17)8-11(10)18/h2,4,10-11,16,19H,3,5-8H2,1H3/t10-,11?,16-,17-/m1/s1. The number of ketones is 1. The quantitative estimate of drug-likeness (QED) is 0.787. The molecule has 2 bridgehead atoms. The number of piperidine rings is 1. The SMILES string of the molecule is CN1CC[C@@]23c4c5ccc(O)c4O[C@@H]2C(=O)CC[C@@H]3C1C5. The normalized spacial score (nSPS) is 39.9. The Morgan fingerprint density at radius 3 is 3.14 bits per heavy atom. The summed E-state index contributed by atoms with van der Waals surface area (Å²) in [7, 11) is 2.20. The lowest BCUT2D eigenvalue weighted by molar-refractivity contribution is -0.138. The number of ether oxygens (including phenoxy) is 1. The molecule has 2 aliphatic heterocycles. The van der Waals surface area contributed by atoms with Gasteiger partial charge in [-0.25, -0.2) is 0 Å². The molecule has 0 amide bonds. The molecule has 1 saturated heterocycles. The van der Waals surface area contributed by atoms with E-state index in [2.05, 4.69) is 11.9 Å². The summed E-state index contributed by atoms with van der Waals surface area (Å²) < 4.78 is 6.04. The largest absolute Gasteiger partial charge is 0.504 e. The molecule has 4 aliphatic rings. The maximum absolute atomic E-state index is 12.5. The van der Waals surface area contributed by atoms with Gasteiger partial charge >= 0.3 is 0 Å². The first kappa shape index (κ1) is 12.0. The Kier molecular flexibility index (Phi) is 2.07. The van der Waals surface area contributed by atoms with E-state index in [0.717, 1.165) is 31.4 Å². The minimum atomic E-state index is -0.366. The van der Waals surface area contributed by atoms with E-state index in [4.69, 9.17) is 4.74 Å². The van der Waals surface area contributed by atoms with Gasteiger partial charge in [-0.1, -0.05) is 6.07 Å². The van der Waals surface area contributed by atoms with Crippen molar-refractivity contribution >= 4 is 5.78 Å². The number of benzene rings is 1. The average Bonchev–Trinajstić information content (AvgIpc) is 2.83. The number of hydrogen-bond acceptors (Lipinski definition) is 4. The molecule has 2 heterocycles. The van der Waals surface area contributed by atoms with Crippen LogP contribution >= 0.6 is 0 Å². The number of aromatic hydroxyl groups is 1. The van der Waals surface area contributed by atoms with Gasteiger partial charge in [0.05, 0.1) is 0 Å². The topological polar surface area (TPSA) is 49.8 Å². The highest BCUT2D eigenvalue weighted by Gasteiger charge is 2.65. The zero-order valence-electron chi connectivity index (χ0n) is 12.1. The maximum Gasteiger partial charge on any atom is 0.174 e. The number of phenols is 1. The van der Waals surface area contributed by atoms with Crippen molar-refractivity contribution in [2.75, 3.05) is 13.6 Å². The van der Waals surface area contributed by atoms with E-state index in [1.54, 1.807) is 6.07 Å². The van der Waals surface area contributed by atoms with E-state index in [1.165, 1.54) is 5.56 Å². The van der Waals surface area contributed by atoms with E-state index in [-0.39, 0.29) is 23.1 Å². The lowest BCUT2D eigenvalue weighted by Gasteiger charge is -2.57. The maximum atomic E-state index is 12.5.